The van der Waals surface area contributed by atoms with Gasteiger partial charge >= 0.3 is 0 Å². The fraction of sp³-hybridized carbons (Fsp3) is 0.522. The van der Waals surface area contributed by atoms with Gasteiger partial charge in [-0.25, -0.2) is 4.99 Å². The van der Waals surface area contributed by atoms with Gasteiger partial charge in [0.1, 0.15) is 5.76 Å². The third-order valence-corrected chi connectivity index (χ3v) is 4.90. The molecule has 0 aliphatic carbocycles. The lowest BCUT2D eigenvalue weighted by Crippen LogP contribution is -2.43. The van der Waals surface area contributed by atoms with E-state index in [1.807, 2.05) is 18.2 Å². The Kier molecular flexibility index (Phi) is 10.2. The molecule has 154 valence electrons. The minimum absolute atomic E-state index is 0.376. The van der Waals surface area contributed by atoms with Gasteiger partial charge in [-0.1, -0.05) is 44.2 Å². The molecule has 0 radical (unpaired) electrons. The fourth-order valence-corrected chi connectivity index (χ4v) is 3.13. The maximum Gasteiger partial charge on any atom is 0.191 e. The number of rotatable bonds is 12. The van der Waals surface area contributed by atoms with Gasteiger partial charge < -0.3 is 20.0 Å². The zero-order valence-electron chi connectivity index (χ0n) is 17.7. The summed E-state index contributed by atoms with van der Waals surface area (Å²) in [6.45, 7) is 11.5. The van der Waals surface area contributed by atoms with Crippen LogP contribution in [-0.2, 0) is 13.0 Å². The topological polar surface area (TPSA) is 52.8 Å². The first-order valence-corrected chi connectivity index (χ1v) is 10.5. The number of hydrogen-bond acceptors (Lipinski definition) is 3. The first-order valence-electron chi connectivity index (χ1n) is 10.5. The van der Waals surface area contributed by atoms with Gasteiger partial charge in [0.05, 0.1) is 12.8 Å². The molecule has 5 heteroatoms. The van der Waals surface area contributed by atoms with E-state index in [1.165, 1.54) is 12.0 Å². The lowest BCUT2D eigenvalue weighted by Gasteiger charge is -2.21. The Morgan fingerprint density at radius 1 is 1.11 bits per heavy atom. The first-order chi connectivity index (χ1) is 13.7. The molecule has 2 aromatic rings. The number of benzene rings is 1. The van der Waals surface area contributed by atoms with E-state index in [2.05, 4.69) is 60.6 Å². The monoisotopic (exact) mass is 384 g/mol. The molecule has 0 fully saturated rings. The van der Waals surface area contributed by atoms with Gasteiger partial charge in [0.2, 0.25) is 0 Å². The second-order valence-corrected chi connectivity index (χ2v) is 7.12. The average molecular weight is 385 g/mol. The van der Waals surface area contributed by atoms with Crippen molar-refractivity contribution in [2.45, 2.75) is 52.6 Å². The number of nitrogens with one attached hydrogen (secondary N) is 2. The molecule has 0 aliphatic heterocycles. The summed E-state index contributed by atoms with van der Waals surface area (Å²) in [5.41, 5.74) is 1.21. The molecule has 1 unspecified atom stereocenters. The maximum absolute atomic E-state index is 5.42. The summed E-state index contributed by atoms with van der Waals surface area (Å²) in [5.74, 6) is 1.85. The number of hydrogen-bond donors (Lipinski definition) is 2. The number of nitrogens with zero attached hydrogens (tertiary/aromatic N) is 2. The van der Waals surface area contributed by atoms with Crippen molar-refractivity contribution in [1.82, 2.24) is 15.5 Å². The van der Waals surface area contributed by atoms with Crippen LogP contribution >= 0.6 is 0 Å². The molecule has 0 amide bonds. The van der Waals surface area contributed by atoms with Crippen molar-refractivity contribution >= 4 is 5.96 Å². The number of guanidine groups is 1. The van der Waals surface area contributed by atoms with E-state index in [1.54, 1.807) is 6.26 Å². The molecular weight excluding hydrogens is 348 g/mol. The lowest BCUT2D eigenvalue weighted by atomic mass is 10.2. The Morgan fingerprint density at radius 3 is 2.57 bits per heavy atom. The Labute approximate surface area is 170 Å². The van der Waals surface area contributed by atoms with Crippen LogP contribution in [0.3, 0.4) is 0 Å². The van der Waals surface area contributed by atoms with E-state index in [4.69, 9.17) is 9.41 Å². The Bertz CT molecular complexity index is 651. The molecule has 0 aliphatic rings. The lowest BCUT2D eigenvalue weighted by molar-refractivity contribution is 0.292. The standard InChI is InChI=1S/C23H36N4O/c1-4-27(5-2)17-9-11-20(3)26-23(24-16-15-22-14-10-18-28-22)25-19-21-12-7-6-8-13-21/h6-8,10,12-14,18,20H,4-5,9,11,15-17,19H2,1-3H3,(H2,24,25,26). The van der Waals surface area contributed by atoms with Crippen LogP contribution in [0, 0.1) is 0 Å². The largest absolute Gasteiger partial charge is 0.469 e. The van der Waals surface area contributed by atoms with Crippen LogP contribution in [0.15, 0.2) is 58.1 Å². The highest BCUT2D eigenvalue weighted by Crippen LogP contribution is 2.03. The minimum Gasteiger partial charge on any atom is -0.469 e. The SMILES string of the molecule is CCN(CC)CCCC(C)NC(=NCc1ccccc1)NCCc1ccco1. The van der Waals surface area contributed by atoms with Crippen LogP contribution in [0.5, 0.6) is 0 Å². The van der Waals surface area contributed by atoms with E-state index in [0.717, 1.165) is 50.7 Å². The molecule has 2 N–H and O–H groups in total. The zero-order valence-corrected chi connectivity index (χ0v) is 17.7. The molecule has 0 bridgehead atoms. The molecule has 1 aromatic heterocycles. The summed E-state index contributed by atoms with van der Waals surface area (Å²) in [4.78, 5) is 7.25. The summed E-state index contributed by atoms with van der Waals surface area (Å²) < 4.78 is 5.42. The van der Waals surface area contributed by atoms with Gasteiger partial charge in [-0.05, 0) is 57.1 Å². The molecular formula is C23H36N4O. The van der Waals surface area contributed by atoms with Crippen LogP contribution in [0.25, 0.3) is 0 Å². The predicted octanol–water partition coefficient (Wildman–Crippen LogP) is 4.07. The van der Waals surface area contributed by atoms with Crippen LogP contribution in [0.2, 0.25) is 0 Å². The van der Waals surface area contributed by atoms with E-state index in [-0.39, 0.29) is 0 Å². The molecule has 0 saturated heterocycles. The molecule has 1 atom stereocenters. The molecule has 1 heterocycles. The van der Waals surface area contributed by atoms with Gasteiger partial charge in [-0.2, -0.15) is 0 Å². The van der Waals surface area contributed by atoms with Crippen molar-refractivity contribution in [1.29, 1.82) is 0 Å². The normalized spacial score (nSPS) is 12.9. The van der Waals surface area contributed by atoms with Gasteiger partial charge in [-0.15, -0.1) is 0 Å². The van der Waals surface area contributed by atoms with Crippen molar-refractivity contribution in [3.8, 4) is 0 Å². The van der Waals surface area contributed by atoms with Crippen LogP contribution in [0.4, 0.5) is 0 Å². The highest BCUT2D eigenvalue weighted by atomic mass is 16.3. The second kappa shape index (κ2) is 13.0. The van der Waals surface area contributed by atoms with Crippen LogP contribution in [0.1, 0.15) is 44.9 Å². The van der Waals surface area contributed by atoms with Crippen molar-refractivity contribution < 1.29 is 4.42 Å². The smallest absolute Gasteiger partial charge is 0.191 e. The Hall–Kier alpha value is -2.27. The van der Waals surface area contributed by atoms with Crippen molar-refractivity contribution in [3.63, 3.8) is 0 Å². The highest BCUT2D eigenvalue weighted by Gasteiger charge is 2.07. The second-order valence-electron chi connectivity index (χ2n) is 7.12. The van der Waals surface area contributed by atoms with Gasteiger partial charge in [0.15, 0.2) is 5.96 Å². The van der Waals surface area contributed by atoms with Crippen LogP contribution in [-0.4, -0.2) is 43.1 Å². The minimum atomic E-state index is 0.376. The van der Waals surface area contributed by atoms with E-state index < -0.39 is 0 Å². The summed E-state index contributed by atoms with van der Waals surface area (Å²) in [5, 5.41) is 7.02. The number of aliphatic imine (C=N–C) groups is 1. The van der Waals surface area contributed by atoms with E-state index in [9.17, 15) is 0 Å². The first kappa shape index (κ1) is 22.0. The van der Waals surface area contributed by atoms with E-state index in [0.29, 0.717) is 12.6 Å². The third-order valence-electron chi connectivity index (χ3n) is 4.90. The zero-order chi connectivity index (χ0) is 20.0. The molecule has 5 nitrogen and oxygen atoms in total. The average Bonchev–Trinajstić information content (AvgIpc) is 3.23. The van der Waals surface area contributed by atoms with Crippen molar-refractivity contribution in [3.05, 3.63) is 60.1 Å². The fourth-order valence-electron chi connectivity index (χ4n) is 3.13. The van der Waals surface area contributed by atoms with Gasteiger partial charge in [0, 0.05) is 19.0 Å². The van der Waals surface area contributed by atoms with Gasteiger partial charge in [-0.3, -0.25) is 0 Å². The summed E-state index contributed by atoms with van der Waals surface area (Å²) in [6, 6.07) is 14.7. The highest BCUT2D eigenvalue weighted by molar-refractivity contribution is 5.80. The van der Waals surface area contributed by atoms with Gasteiger partial charge in [0.25, 0.3) is 0 Å². The maximum atomic E-state index is 5.42. The van der Waals surface area contributed by atoms with Crippen LogP contribution < -0.4 is 10.6 Å². The quantitative estimate of drug-likeness (QED) is 0.428. The van der Waals surface area contributed by atoms with Crippen molar-refractivity contribution in [2.75, 3.05) is 26.2 Å². The molecule has 1 aromatic carbocycles. The Balaban J connectivity index is 1.84. The molecule has 0 spiro atoms. The van der Waals surface area contributed by atoms with E-state index >= 15 is 0 Å². The summed E-state index contributed by atoms with van der Waals surface area (Å²) in [6.07, 6.45) is 4.88. The molecule has 2 rings (SSSR count). The summed E-state index contributed by atoms with van der Waals surface area (Å²) >= 11 is 0. The summed E-state index contributed by atoms with van der Waals surface area (Å²) in [7, 11) is 0. The molecule has 28 heavy (non-hydrogen) atoms. The predicted molar refractivity (Wildman–Crippen MR) is 118 cm³/mol. The third kappa shape index (κ3) is 8.61. The van der Waals surface area contributed by atoms with Crippen molar-refractivity contribution in [2.24, 2.45) is 4.99 Å². The molecule has 0 saturated carbocycles. The number of furan rings is 1. The Morgan fingerprint density at radius 2 is 1.89 bits per heavy atom.